The van der Waals surface area contributed by atoms with Crippen molar-refractivity contribution in [1.29, 1.82) is 0 Å². The fourth-order valence-corrected chi connectivity index (χ4v) is 4.85. The minimum absolute atomic E-state index is 0.0664. The van der Waals surface area contributed by atoms with Gasteiger partial charge in [0.25, 0.3) is 5.56 Å². The first-order valence-electron chi connectivity index (χ1n) is 9.88. The number of benzene rings is 1. The zero-order valence-corrected chi connectivity index (χ0v) is 18.2. The van der Waals surface area contributed by atoms with Crippen LogP contribution in [0.5, 0.6) is 5.75 Å². The number of fused-ring (bicyclic) bond motifs is 1. The van der Waals surface area contributed by atoms with Gasteiger partial charge >= 0.3 is 0 Å². The number of hydrogen-bond donors (Lipinski definition) is 2. The van der Waals surface area contributed by atoms with Gasteiger partial charge in [-0.1, -0.05) is 43.8 Å². The molecule has 0 saturated carbocycles. The van der Waals surface area contributed by atoms with E-state index in [0.29, 0.717) is 40.0 Å². The molecular formula is C23H25N3O3S. The molecule has 1 aliphatic heterocycles. The van der Waals surface area contributed by atoms with Crippen LogP contribution in [0.4, 0.5) is 5.82 Å². The fourth-order valence-electron chi connectivity index (χ4n) is 4.25. The maximum absolute atomic E-state index is 13.2. The Hall–Kier alpha value is -2.80. The number of methoxy groups -OCH3 is 1. The molecule has 1 aliphatic carbocycles. The molecule has 6 nitrogen and oxygen atoms in total. The number of hydrogen-bond acceptors (Lipinski definition) is 6. The van der Waals surface area contributed by atoms with Crippen LogP contribution < -0.4 is 15.6 Å². The van der Waals surface area contributed by atoms with Crippen LogP contribution in [0.25, 0.3) is 0 Å². The van der Waals surface area contributed by atoms with Crippen LogP contribution in [-0.2, 0) is 4.79 Å². The Morgan fingerprint density at radius 1 is 1.33 bits per heavy atom. The summed E-state index contributed by atoms with van der Waals surface area (Å²) < 4.78 is 5.39. The highest BCUT2D eigenvalue weighted by atomic mass is 32.2. The van der Waals surface area contributed by atoms with Gasteiger partial charge in [-0.25, -0.2) is 4.98 Å². The molecule has 0 amide bonds. The van der Waals surface area contributed by atoms with E-state index in [1.54, 1.807) is 13.2 Å². The third-order valence-corrected chi connectivity index (χ3v) is 6.33. The maximum atomic E-state index is 13.2. The van der Waals surface area contributed by atoms with E-state index in [1.165, 1.54) is 11.8 Å². The lowest BCUT2D eigenvalue weighted by Gasteiger charge is -2.38. The number of nitrogens with zero attached hydrogens (tertiary/aromatic N) is 1. The van der Waals surface area contributed by atoms with Crippen LogP contribution in [0.3, 0.4) is 0 Å². The van der Waals surface area contributed by atoms with Crippen LogP contribution >= 0.6 is 11.8 Å². The van der Waals surface area contributed by atoms with Crippen molar-refractivity contribution >= 4 is 23.4 Å². The summed E-state index contributed by atoms with van der Waals surface area (Å²) in [7, 11) is 1.60. The first kappa shape index (κ1) is 20.5. The highest BCUT2D eigenvalue weighted by molar-refractivity contribution is 7.99. The summed E-state index contributed by atoms with van der Waals surface area (Å²) in [6, 6.07) is 7.55. The van der Waals surface area contributed by atoms with Gasteiger partial charge in [-0.05, 0) is 29.5 Å². The Labute approximate surface area is 179 Å². The number of aromatic nitrogens is 2. The predicted molar refractivity (Wildman–Crippen MR) is 119 cm³/mol. The highest BCUT2D eigenvalue weighted by Crippen LogP contribution is 2.48. The van der Waals surface area contributed by atoms with Gasteiger partial charge in [-0.15, -0.1) is 6.58 Å². The zero-order valence-electron chi connectivity index (χ0n) is 17.4. The second-order valence-corrected chi connectivity index (χ2v) is 9.41. The minimum atomic E-state index is -0.482. The molecule has 2 heterocycles. The molecule has 1 aromatic carbocycles. The number of ketones is 1. The number of thioether (sulfide) groups is 1. The summed E-state index contributed by atoms with van der Waals surface area (Å²) in [4.78, 5) is 33.9. The average Bonchev–Trinajstić information content (AvgIpc) is 2.69. The van der Waals surface area contributed by atoms with E-state index >= 15 is 0 Å². The van der Waals surface area contributed by atoms with E-state index in [4.69, 9.17) is 4.74 Å². The Bertz CT molecular complexity index is 1120. The maximum Gasteiger partial charge on any atom is 0.257 e. The largest absolute Gasteiger partial charge is 0.497 e. The van der Waals surface area contributed by atoms with Crippen molar-refractivity contribution in [2.24, 2.45) is 5.41 Å². The molecule has 156 valence electrons. The number of nitrogens with one attached hydrogen (secondary N) is 2. The first-order valence-corrected chi connectivity index (χ1v) is 10.9. The molecular weight excluding hydrogens is 398 g/mol. The lowest BCUT2D eigenvalue weighted by molar-refractivity contribution is -0.118. The fraction of sp³-hybridized carbons (Fsp3) is 0.348. The van der Waals surface area contributed by atoms with E-state index in [1.807, 2.05) is 24.3 Å². The number of carbonyl (C=O) groups excluding carboxylic acids is 1. The second-order valence-electron chi connectivity index (χ2n) is 8.40. The topological polar surface area (TPSA) is 84.1 Å². The third-order valence-electron chi connectivity index (χ3n) is 5.47. The quantitative estimate of drug-likeness (QED) is 0.425. The van der Waals surface area contributed by atoms with Crippen molar-refractivity contribution in [3.63, 3.8) is 0 Å². The number of anilines is 1. The number of Topliss-reactive ketones (excluding diaryl/α,β-unsaturated/α-hetero) is 1. The van der Waals surface area contributed by atoms with Crippen molar-refractivity contribution in [3.05, 3.63) is 69.7 Å². The van der Waals surface area contributed by atoms with Gasteiger partial charge in [-0.3, -0.25) is 9.59 Å². The molecule has 1 atom stereocenters. The van der Waals surface area contributed by atoms with Gasteiger partial charge in [-0.2, -0.15) is 0 Å². The Morgan fingerprint density at radius 2 is 2.13 bits per heavy atom. The number of carbonyl (C=O) groups is 1. The molecule has 1 unspecified atom stereocenters. The lowest BCUT2D eigenvalue weighted by atomic mass is 9.69. The number of rotatable bonds is 5. The third kappa shape index (κ3) is 3.69. The van der Waals surface area contributed by atoms with Crippen LogP contribution in [-0.4, -0.2) is 28.6 Å². The summed E-state index contributed by atoms with van der Waals surface area (Å²) in [6.45, 7) is 7.89. The molecule has 4 rings (SSSR count). The molecule has 0 radical (unpaired) electrons. The van der Waals surface area contributed by atoms with Gasteiger partial charge in [0.2, 0.25) is 0 Å². The van der Waals surface area contributed by atoms with Crippen molar-refractivity contribution in [3.8, 4) is 5.75 Å². The van der Waals surface area contributed by atoms with E-state index in [-0.39, 0.29) is 16.8 Å². The van der Waals surface area contributed by atoms with E-state index < -0.39 is 5.92 Å². The minimum Gasteiger partial charge on any atom is -0.497 e. The average molecular weight is 424 g/mol. The van der Waals surface area contributed by atoms with Gasteiger partial charge in [0.15, 0.2) is 10.9 Å². The summed E-state index contributed by atoms with van der Waals surface area (Å²) in [5, 5.41) is 3.86. The van der Waals surface area contributed by atoms with E-state index in [9.17, 15) is 9.59 Å². The summed E-state index contributed by atoms with van der Waals surface area (Å²) in [5.41, 5.74) is 2.44. The standard InChI is InChI=1S/C23H25N3O3S/c1-5-9-30-22-25-20-19(21(28)26-22)17(13-7-6-8-14(10-13)29-4)18-15(24-20)11-23(2,3)12-16(18)27/h5-8,10,17H,1,9,11-12H2,2-4H3,(H2,24,25,26,28). The van der Waals surface area contributed by atoms with Crippen molar-refractivity contribution in [1.82, 2.24) is 9.97 Å². The molecule has 7 heteroatoms. The predicted octanol–water partition coefficient (Wildman–Crippen LogP) is 4.26. The normalized spacial score (nSPS) is 19.6. The molecule has 0 spiro atoms. The van der Waals surface area contributed by atoms with Crippen molar-refractivity contribution in [2.45, 2.75) is 37.8 Å². The van der Waals surface area contributed by atoms with Crippen LogP contribution in [0.15, 0.2) is 58.1 Å². The molecule has 30 heavy (non-hydrogen) atoms. The Morgan fingerprint density at radius 3 is 2.87 bits per heavy atom. The van der Waals surface area contributed by atoms with Crippen LogP contribution in [0.1, 0.15) is 43.7 Å². The molecule has 0 saturated heterocycles. The smallest absolute Gasteiger partial charge is 0.257 e. The van der Waals surface area contributed by atoms with E-state index in [2.05, 4.69) is 35.7 Å². The molecule has 1 aromatic heterocycles. The molecule has 0 fully saturated rings. The monoisotopic (exact) mass is 423 g/mol. The van der Waals surface area contributed by atoms with Crippen molar-refractivity contribution in [2.75, 3.05) is 18.2 Å². The summed E-state index contributed by atoms with van der Waals surface area (Å²) in [6.07, 6.45) is 2.93. The SMILES string of the molecule is C=CCSc1nc2c(c(=O)[nH]1)C(c1cccc(OC)c1)C1=C(CC(C)(C)CC1=O)N2. The lowest BCUT2D eigenvalue weighted by Crippen LogP contribution is -2.37. The molecule has 0 bridgehead atoms. The number of H-pyrrole nitrogens is 1. The van der Waals surface area contributed by atoms with Gasteiger partial charge in [0.05, 0.1) is 12.7 Å². The van der Waals surface area contributed by atoms with Crippen molar-refractivity contribution < 1.29 is 9.53 Å². The second kappa shape index (κ2) is 7.80. The number of ether oxygens (including phenoxy) is 1. The molecule has 2 aromatic rings. The molecule has 2 aliphatic rings. The Kier molecular flexibility index (Phi) is 5.32. The number of allylic oxidation sites excluding steroid dienone is 2. The van der Waals surface area contributed by atoms with Crippen LogP contribution in [0.2, 0.25) is 0 Å². The van der Waals surface area contributed by atoms with Gasteiger partial charge < -0.3 is 15.0 Å². The summed E-state index contributed by atoms with van der Waals surface area (Å²) in [5.74, 6) is 1.42. The van der Waals surface area contributed by atoms with Crippen LogP contribution in [0, 0.1) is 5.41 Å². The number of aromatic amines is 1. The Balaban J connectivity index is 1.93. The highest BCUT2D eigenvalue weighted by Gasteiger charge is 2.42. The van der Waals surface area contributed by atoms with Gasteiger partial charge in [0.1, 0.15) is 11.6 Å². The van der Waals surface area contributed by atoms with E-state index in [0.717, 1.165) is 17.7 Å². The zero-order chi connectivity index (χ0) is 21.5. The first-order chi connectivity index (χ1) is 14.3. The van der Waals surface area contributed by atoms with Gasteiger partial charge in [0, 0.05) is 29.4 Å². The molecule has 2 N–H and O–H groups in total. The summed E-state index contributed by atoms with van der Waals surface area (Å²) >= 11 is 1.41.